The molecule has 0 N–H and O–H groups in total. The van der Waals surface area contributed by atoms with Crippen molar-refractivity contribution in [2.24, 2.45) is 0 Å². The molecule has 82 valence electrons. The maximum Gasteiger partial charge on any atom is 0.324 e. The van der Waals surface area contributed by atoms with E-state index < -0.39 is 21.2 Å². The smallest absolute Gasteiger partial charge is 0.324 e. The number of halogens is 1. The molecular weight excluding hydrogens is 230 g/mol. The predicted molar refractivity (Wildman–Crippen MR) is 51.1 cm³/mol. The number of rotatable bonds is 3. The van der Waals surface area contributed by atoms with Crippen LogP contribution in [0.1, 0.15) is 19.8 Å². The lowest BCUT2D eigenvalue weighted by Gasteiger charge is -2.18. The molecule has 0 aromatic carbocycles. The molecule has 0 amide bonds. The van der Waals surface area contributed by atoms with Gasteiger partial charge in [0.25, 0.3) is 0 Å². The summed E-state index contributed by atoms with van der Waals surface area (Å²) in [6.07, 6.45) is 1.11. The van der Waals surface area contributed by atoms with Crippen molar-refractivity contribution in [2.75, 3.05) is 13.2 Å². The summed E-state index contributed by atoms with van der Waals surface area (Å²) in [6.45, 7) is 2.20. The highest BCUT2D eigenvalue weighted by molar-refractivity contribution is 8.11. The van der Waals surface area contributed by atoms with E-state index in [0.29, 0.717) is 12.8 Å². The molecule has 1 aliphatic heterocycles. The Morgan fingerprint density at radius 1 is 1.64 bits per heavy atom. The molecule has 14 heavy (non-hydrogen) atoms. The van der Waals surface area contributed by atoms with Gasteiger partial charge in [0.2, 0.25) is 0 Å². The number of hydrogen-bond acceptors (Lipinski definition) is 4. The Morgan fingerprint density at radius 3 is 2.79 bits per heavy atom. The Hall–Kier alpha value is -0.330. The zero-order valence-corrected chi connectivity index (χ0v) is 9.34. The molecule has 5 nitrogen and oxygen atoms in total. The molecule has 0 aromatic heterocycles. The third-order valence-electron chi connectivity index (χ3n) is 2.04. The molecule has 1 atom stereocenters. The molecule has 0 saturated carbocycles. The van der Waals surface area contributed by atoms with E-state index in [1.165, 1.54) is 0 Å². The van der Waals surface area contributed by atoms with Crippen molar-refractivity contribution in [2.45, 2.75) is 25.8 Å². The molecule has 1 fully saturated rings. The first-order chi connectivity index (χ1) is 6.46. The highest BCUT2D eigenvalue weighted by Crippen LogP contribution is 2.23. The fraction of sp³-hybridized carbons (Fsp3) is 0.857. The first-order valence-electron chi connectivity index (χ1n) is 4.35. The number of esters is 1. The average Bonchev–Trinajstić information content (AvgIpc) is 2.50. The molecule has 1 saturated heterocycles. The number of ether oxygens (including phenoxy) is 1. The van der Waals surface area contributed by atoms with Gasteiger partial charge in [0, 0.05) is 17.2 Å². The van der Waals surface area contributed by atoms with E-state index in [1.54, 1.807) is 6.92 Å². The molecular formula is C7H12ClNO4S. The van der Waals surface area contributed by atoms with E-state index in [0.717, 1.165) is 4.31 Å². The minimum absolute atomic E-state index is 0.242. The molecule has 1 rings (SSSR count). The number of nitrogens with zero attached hydrogens (tertiary/aromatic N) is 1. The first kappa shape index (κ1) is 11.7. The van der Waals surface area contributed by atoms with Gasteiger partial charge in [-0.15, -0.1) is 0 Å². The van der Waals surface area contributed by atoms with E-state index in [2.05, 4.69) is 0 Å². The topological polar surface area (TPSA) is 63.7 Å². The second-order valence-corrected chi connectivity index (χ2v) is 5.43. The molecule has 1 aliphatic rings. The summed E-state index contributed by atoms with van der Waals surface area (Å²) in [4.78, 5) is 11.3. The highest BCUT2D eigenvalue weighted by Gasteiger charge is 2.38. The van der Waals surface area contributed by atoms with Gasteiger partial charge in [-0.2, -0.15) is 12.7 Å². The summed E-state index contributed by atoms with van der Waals surface area (Å²) < 4.78 is 27.8. The Morgan fingerprint density at radius 2 is 2.29 bits per heavy atom. The van der Waals surface area contributed by atoms with Crippen molar-refractivity contribution >= 4 is 25.9 Å². The minimum Gasteiger partial charge on any atom is -0.465 e. The zero-order valence-electron chi connectivity index (χ0n) is 7.77. The summed E-state index contributed by atoms with van der Waals surface area (Å²) in [5.74, 6) is -0.519. The Balaban J connectivity index is 2.74. The van der Waals surface area contributed by atoms with Crippen molar-refractivity contribution in [1.82, 2.24) is 4.31 Å². The molecule has 0 aliphatic carbocycles. The summed E-state index contributed by atoms with van der Waals surface area (Å²) in [5, 5.41) is 0. The molecule has 0 unspecified atom stereocenters. The van der Waals surface area contributed by atoms with Crippen molar-refractivity contribution in [1.29, 1.82) is 0 Å². The van der Waals surface area contributed by atoms with Crippen LogP contribution in [0, 0.1) is 0 Å². The predicted octanol–water partition coefficient (Wildman–Crippen LogP) is 0.498. The zero-order chi connectivity index (χ0) is 10.8. The lowest BCUT2D eigenvalue weighted by atomic mass is 10.2. The van der Waals surface area contributed by atoms with Gasteiger partial charge in [0.05, 0.1) is 6.61 Å². The second-order valence-electron chi connectivity index (χ2n) is 2.96. The van der Waals surface area contributed by atoms with Gasteiger partial charge >= 0.3 is 15.2 Å². The van der Waals surface area contributed by atoms with E-state index in [4.69, 9.17) is 15.4 Å². The number of carbonyl (C=O) groups is 1. The quantitative estimate of drug-likeness (QED) is 0.533. The highest BCUT2D eigenvalue weighted by atomic mass is 35.7. The Kier molecular flexibility index (Phi) is 3.74. The van der Waals surface area contributed by atoms with Gasteiger partial charge in [-0.3, -0.25) is 4.79 Å². The van der Waals surface area contributed by atoms with Crippen molar-refractivity contribution < 1.29 is 17.9 Å². The van der Waals surface area contributed by atoms with Gasteiger partial charge in [-0.1, -0.05) is 0 Å². The van der Waals surface area contributed by atoms with Crippen molar-refractivity contribution in [3.05, 3.63) is 0 Å². The lowest BCUT2D eigenvalue weighted by Crippen LogP contribution is -2.39. The standard InChI is InChI=1S/C7H12ClNO4S/c1-2-13-7(10)6-4-3-5-9(6)14(8,11)12/h6H,2-5H2,1H3/t6-/m1/s1. The fourth-order valence-electron chi connectivity index (χ4n) is 1.48. The van der Waals surface area contributed by atoms with Crippen LogP contribution in [0.15, 0.2) is 0 Å². The van der Waals surface area contributed by atoms with E-state index in [-0.39, 0.29) is 13.2 Å². The van der Waals surface area contributed by atoms with Crippen LogP contribution in [0.4, 0.5) is 0 Å². The summed E-state index contributed by atoms with van der Waals surface area (Å²) in [6, 6.07) is -0.738. The van der Waals surface area contributed by atoms with Gasteiger partial charge in [0.15, 0.2) is 0 Å². The monoisotopic (exact) mass is 241 g/mol. The van der Waals surface area contributed by atoms with Crippen LogP contribution in [-0.2, 0) is 18.8 Å². The second kappa shape index (κ2) is 4.46. The van der Waals surface area contributed by atoms with E-state index in [1.807, 2.05) is 0 Å². The number of hydrogen-bond donors (Lipinski definition) is 0. The molecule has 0 bridgehead atoms. The Bertz CT molecular complexity index is 316. The Labute approximate surface area is 87.5 Å². The van der Waals surface area contributed by atoms with E-state index >= 15 is 0 Å². The maximum absolute atomic E-state index is 11.3. The molecule has 0 aromatic rings. The molecule has 7 heteroatoms. The maximum atomic E-state index is 11.3. The van der Waals surface area contributed by atoms with Crippen LogP contribution in [0.2, 0.25) is 0 Å². The van der Waals surface area contributed by atoms with Crippen LogP contribution in [0.3, 0.4) is 0 Å². The van der Waals surface area contributed by atoms with Gasteiger partial charge in [-0.25, -0.2) is 0 Å². The minimum atomic E-state index is -3.81. The third kappa shape index (κ3) is 2.59. The summed E-state index contributed by atoms with van der Waals surface area (Å²) in [5.41, 5.74) is 0. The van der Waals surface area contributed by atoms with Crippen LogP contribution in [0.25, 0.3) is 0 Å². The van der Waals surface area contributed by atoms with Crippen molar-refractivity contribution in [3.8, 4) is 0 Å². The van der Waals surface area contributed by atoms with Gasteiger partial charge < -0.3 is 4.74 Å². The number of carbonyl (C=O) groups excluding carboxylic acids is 1. The van der Waals surface area contributed by atoms with Crippen LogP contribution >= 0.6 is 10.7 Å². The summed E-state index contributed by atoms with van der Waals surface area (Å²) in [7, 11) is 1.36. The van der Waals surface area contributed by atoms with Gasteiger partial charge in [0.1, 0.15) is 6.04 Å². The first-order valence-corrected chi connectivity index (χ1v) is 6.61. The fourth-order valence-corrected chi connectivity index (χ4v) is 2.81. The lowest BCUT2D eigenvalue weighted by molar-refractivity contribution is -0.146. The average molecular weight is 242 g/mol. The largest absolute Gasteiger partial charge is 0.465 e. The third-order valence-corrected chi connectivity index (χ3v) is 3.57. The van der Waals surface area contributed by atoms with Gasteiger partial charge in [-0.05, 0) is 19.8 Å². The molecule has 1 heterocycles. The molecule has 0 spiro atoms. The van der Waals surface area contributed by atoms with E-state index in [9.17, 15) is 13.2 Å². The van der Waals surface area contributed by atoms with Crippen LogP contribution in [-0.4, -0.2) is 37.9 Å². The summed E-state index contributed by atoms with van der Waals surface area (Å²) >= 11 is 0. The van der Waals surface area contributed by atoms with Crippen LogP contribution in [0.5, 0.6) is 0 Å². The molecule has 0 radical (unpaired) electrons. The SMILES string of the molecule is CCOC(=O)[C@H]1CCCN1S(=O)(=O)Cl. The van der Waals surface area contributed by atoms with Crippen molar-refractivity contribution in [3.63, 3.8) is 0 Å². The van der Waals surface area contributed by atoms with Crippen LogP contribution < -0.4 is 0 Å². The normalized spacial score (nSPS) is 23.7.